The van der Waals surface area contributed by atoms with Crippen molar-refractivity contribution in [2.75, 3.05) is 7.05 Å². The van der Waals surface area contributed by atoms with Crippen LogP contribution in [0.4, 0.5) is 0 Å². The molecule has 0 aliphatic rings. The summed E-state index contributed by atoms with van der Waals surface area (Å²) in [6.07, 6.45) is 3.15. The van der Waals surface area contributed by atoms with E-state index in [9.17, 15) is 4.79 Å². The highest BCUT2D eigenvalue weighted by atomic mass is 16.4. The zero-order valence-corrected chi connectivity index (χ0v) is 10.0. The van der Waals surface area contributed by atoms with Gasteiger partial charge in [-0.3, -0.25) is 4.90 Å². The number of rotatable bonds is 5. The van der Waals surface area contributed by atoms with E-state index in [1.54, 1.807) is 12.3 Å². The Morgan fingerprint density at radius 1 is 1.44 bits per heavy atom. The summed E-state index contributed by atoms with van der Waals surface area (Å²) in [5.74, 6) is -0.129. The van der Waals surface area contributed by atoms with Crippen LogP contribution in [0.3, 0.4) is 0 Å². The molecule has 1 N–H and O–H groups in total. The first-order valence-electron chi connectivity index (χ1n) is 5.54. The van der Waals surface area contributed by atoms with Gasteiger partial charge in [0, 0.05) is 12.7 Å². The first-order valence-corrected chi connectivity index (χ1v) is 5.54. The SMILES string of the molecule is CN(Cc1ccnc(C(=O)O)c1)Cc1ccco1. The van der Waals surface area contributed by atoms with Crippen LogP contribution < -0.4 is 0 Å². The molecule has 0 fully saturated rings. The van der Waals surface area contributed by atoms with E-state index in [-0.39, 0.29) is 5.69 Å². The molecule has 2 rings (SSSR count). The fraction of sp³-hybridized carbons (Fsp3) is 0.231. The van der Waals surface area contributed by atoms with E-state index in [0.29, 0.717) is 13.1 Å². The van der Waals surface area contributed by atoms with Gasteiger partial charge in [0.05, 0.1) is 12.8 Å². The number of furan rings is 1. The van der Waals surface area contributed by atoms with Crippen molar-refractivity contribution in [2.45, 2.75) is 13.1 Å². The molecule has 2 aromatic heterocycles. The minimum atomic E-state index is -1.01. The lowest BCUT2D eigenvalue weighted by atomic mass is 10.2. The highest BCUT2D eigenvalue weighted by Gasteiger charge is 2.07. The first kappa shape index (κ1) is 12.3. The Hall–Kier alpha value is -2.14. The van der Waals surface area contributed by atoms with Crippen LogP contribution in [0.5, 0.6) is 0 Å². The van der Waals surface area contributed by atoms with Crippen molar-refractivity contribution >= 4 is 5.97 Å². The van der Waals surface area contributed by atoms with Crippen LogP contribution in [0.2, 0.25) is 0 Å². The third-order valence-electron chi connectivity index (χ3n) is 2.50. The molecule has 0 radical (unpaired) electrons. The molecular formula is C13H14N2O3. The van der Waals surface area contributed by atoms with Gasteiger partial charge in [0.15, 0.2) is 0 Å². The molecule has 94 valence electrons. The number of carboxylic acid groups (broad SMARTS) is 1. The Labute approximate surface area is 105 Å². The van der Waals surface area contributed by atoms with Gasteiger partial charge in [-0.1, -0.05) is 0 Å². The van der Waals surface area contributed by atoms with Crippen LogP contribution in [-0.2, 0) is 13.1 Å². The molecule has 0 aliphatic heterocycles. The van der Waals surface area contributed by atoms with E-state index in [0.717, 1.165) is 11.3 Å². The van der Waals surface area contributed by atoms with Crippen LogP contribution in [0.25, 0.3) is 0 Å². The largest absolute Gasteiger partial charge is 0.477 e. The Kier molecular flexibility index (Phi) is 3.74. The van der Waals surface area contributed by atoms with Crippen molar-refractivity contribution in [3.05, 3.63) is 53.7 Å². The summed E-state index contributed by atoms with van der Waals surface area (Å²) < 4.78 is 5.26. The van der Waals surface area contributed by atoms with Gasteiger partial charge in [-0.05, 0) is 36.9 Å². The Bertz CT molecular complexity index is 523. The van der Waals surface area contributed by atoms with E-state index in [1.165, 1.54) is 6.20 Å². The average molecular weight is 246 g/mol. The molecule has 0 saturated heterocycles. The number of aromatic nitrogens is 1. The summed E-state index contributed by atoms with van der Waals surface area (Å²) in [7, 11) is 1.95. The molecule has 0 aliphatic carbocycles. The number of hydrogen-bond acceptors (Lipinski definition) is 4. The molecule has 18 heavy (non-hydrogen) atoms. The van der Waals surface area contributed by atoms with Crippen molar-refractivity contribution in [2.24, 2.45) is 0 Å². The van der Waals surface area contributed by atoms with Crippen molar-refractivity contribution in [3.63, 3.8) is 0 Å². The minimum absolute atomic E-state index is 0.0684. The van der Waals surface area contributed by atoms with Crippen LogP contribution in [0.1, 0.15) is 21.8 Å². The number of aromatic carboxylic acids is 1. The van der Waals surface area contributed by atoms with E-state index in [1.807, 2.05) is 30.1 Å². The van der Waals surface area contributed by atoms with Crippen LogP contribution in [0.15, 0.2) is 41.1 Å². The highest BCUT2D eigenvalue weighted by molar-refractivity contribution is 5.85. The second-order valence-corrected chi connectivity index (χ2v) is 4.11. The summed E-state index contributed by atoms with van der Waals surface area (Å²) in [5.41, 5.74) is 0.982. The van der Waals surface area contributed by atoms with Crippen LogP contribution in [0, 0.1) is 0 Å². The first-order chi connectivity index (χ1) is 8.65. The second kappa shape index (κ2) is 5.46. The molecule has 0 atom stereocenters. The molecule has 2 aromatic rings. The summed E-state index contributed by atoms with van der Waals surface area (Å²) in [6, 6.07) is 7.15. The lowest BCUT2D eigenvalue weighted by Gasteiger charge is -2.15. The normalized spacial score (nSPS) is 10.8. The number of pyridine rings is 1. The Balaban J connectivity index is 2.00. The second-order valence-electron chi connectivity index (χ2n) is 4.11. The fourth-order valence-corrected chi connectivity index (χ4v) is 1.73. The number of carbonyl (C=O) groups is 1. The minimum Gasteiger partial charge on any atom is -0.477 e. The number of hydrogen-bond donors (Lipinski definition) is 1. The fourth-order valence-electron chi connectivity index (χ4n) is 1.73. The molecule has 0 bridgehead atoms. The van der Waals surface area contributed by atoms with Crippen LogP contribution in [-0.4, -0.2) is 28.0 Å². The lowest BCUT2D eigenvalue weighted by molar-refractivity contribution is 0.0690. The molecule has 0 aromatic carbocycles. The van der Waals surface area contributed by atoms with Gasteiger partial charge < -0.3 is 9.52 Å². The summed E-state index contributed by atoms with van der Waals surface area (Å²) in [4.78, 5) is 16.6. The molecule has 0 saturated carbocycles. The molecular weight excluding hydrogens is 232 g/mol. The third kappa shape index (κ3) is 3.18. The van der Waals surface area contributed by atoms with E-state index in [2.05, 4.69) is 4.98 Å². The van der Waals surface area contributed by atoms with Crippen molar-refractivity contribution < 1.29 is 14.3 Å². The maximum Gasteiger partial charge on any atom is 0.354 e. The van der Waals surface area contributed by atoms with Gasteiger partial charge in [-0.2, -0.15) is 0 Å². The van der Waals surface area contributed by atoms with E-state index >= 15 is 0 Å². The lowest BCUT2D eigenvalue weighted by Crippen LogP contribution is -2.17. The Morgan fingerprint density at radius 3 is 2.94 bits per heavy atom. The van der Waals surface area contributed by atoms with Crippen molar-refractivity contribution in [1.82, 2.24) is 9.88 Å². The predicted molar refractivity (Wildman–Crippen MR) is 65.1 cm³/mol. The van der Waals surface area contributed by atoms with Gasteiger partial charge in [0.2, 0.25) is 0 Å². The molecule has 0 amide bonds. The van der Waals surface area contributed by atoms with Gasteiger partial charge in [-0.25, -0.2) is 9.78 Å². The third-order valence-corrected chi connectivity index (χ3v) is 2.50. The van der Waals surface area contributed by atoms with Gasteiger partial charge in [-0.15, -0.1) is 0 Å². The van der Waals surface area contributed by atoms with Crippen molar-refractivity contribution in [3.8, 4) is 0 Å². The monoisotopic (exact) mass is 246 g/mol. The van der Waals surface area contributed by atoms with E-state index in [4.69, 9.17) is 9.52 Å². The topological polar surface area (TPSA) is 66.6 Å². The highest BCUT2D eigenvalue weighted by Crippen LogP contribution is 2.09. The summed E-state index contributed by atoms with van der Waals surface area (Å²) in [5, 5.41) is 8.86. The molecule has 5 nitrogen and oxygen atoms in total. The number of nitrogens with zero attached hydrogens (tertiary/aromatic N) is 2. The standard InChI is InChI=1S/C13H14N2O3/c1-15(9-11-3-2-6-18-11)8-10-4-5-14-12(7-10)13(16)17/h2-7H,8-9H2,1H3,(H,16,17). The average Bonchev–Trinajstić information content (AvgIpc) is 2.82. The van der Waals surface area contributed by atoms with Crippen molar-refractivity contribution in [1.29, 1.82) is 0 Å². The van der Waals surface area contributed by atoms with E-state index < -0.39 is 5.97 Å². The zero-order valence-electron chi connectivity index (χ0n) is 10.0. The number of carboxylic acids is 1. The van der Waals surface area contributed by atoms with Gasteiger partial charge >= 0.3 is 5.97 Å². The predicted octanol–water partition coefficient (Wildman–Crippen LogP) is 2.00. The zero-order chi connectivity index (χ0) is 13.0. The quantitative estimate of drug-likeness (QED) is 0.874. The maximum absolute atomic E-state index is 10.8. The molecule has 2 heterocycles. The molecule has 0 unspecified atom stereocenters. The molecule has 0 spiro atoms. The van der Waals surface area contributed by atoms with Gasteiger partial charge in [0.25, 0.3) is 0 Å². The van der Waals surface area contributed by atoms with Gasteiger partial charge in [0.1, 0.15) is 11.5 Å². The smallest absolute Gasteiger partial charge is 0.354 e. The maximum atomic E-state index is 10.8. The summed E-state index contributed by atoms with van der Waals surface area (Å²) >= 11 is 0. The van der Waals surface area contributed by atoms with Crippen LogP contribution >= 0.6 is 0 Å². The summed E-state index contributed by atoms with van der Waals surface area (Å²) in [6.45, 7) is 1.32. The molecule has 5 heteroatoms. The Morgan fingerprint density at radius 2 is 2.28 bits per heavy atom.